The number of hydrogen-bond donors (Lipinski definition) is 3. The first-order valence-electron chi connectivity index (χ1n) is 6.58. The molecule has 0 unspecified atom stereocenters. The van der Waals surface area contributed by atoms with E-state index in [1.165, 1.54) is 6.07 Å². The van der Waals surface area contributed by atoms with Crippen LogP contribution in [0.4, 0.5) is 0 Å². The number of benzene rings is 2. The molecule has 2 aromatic carbocycles. The van der Waals surface area contributed by atoms with Crippen molar-refractivity contribution in [3.05, 3.63) is 51.9 Å². The quantitative estimate of drug-likeness (QED) is 0.503. The monoisotopic (exact) mass is 300 g/mol. The molecule has 0 atom stereocenters. The molecule has 0 spiro atoms. The molecule has 3 aromatic rings. The van der Waals surface area contributed by atoms with Crippen molar-refractivity contribution >= 4 is 27.7 Å². The maximum atomic E-state index is 12.2. The molecule has 0 saturated heterocycles. The minimum atomic E-state index is -1.23. The Morgan fingerprint density at radius 3 is 2.64 bits per heavy atom. The number of aromatic hydroxyl groups is 1. The van der Waals surface area contributed by atoms with Crippen molar-refractivity contribution in [2.45, 2.75) is 6.42 Å². The lowest BCUT2D eigenvalue weighted by atomic mass is 9.98. The number of aromatic carboxylic acids is 1. The van der Waals surface area contributed by atoms with Crippen LogP contribution < -0.4 is 5.63 Å². The summed E-state index contributed by atoms with van der Waals surface area (Å²) in [5, 5.41) is 29.0. The second-order valence-corrected chi connectivity index (χ2v) is 4.87. The normalized spacial score (nSPS) is 11.1. The van der Waals surface area contributed by atoms with E-state index in [0.29, 0.717) is 10.9 Å². The van der Waals surface area contributed by atoms with Crippen molar-refractivity contribution in [3.63, 3.8) is 0 Å². The topological polar surface area (TPSA) is 108 Å². The predicted octanol–water partition coefficient (Wildman–Crippen LogP) is 1.88. The molecule has 1 aromatic heterocycles. The highest BCUT2D eigenvalue weighted by Crippen LogP contribution is 2.31. The molecule has 112 valence electrons. The van der Waals surface area contributed by atoms with Gasteiger partial charge in [0, 0.05) is 23.4 Å². The molecule has 6 nitrogen and oxygen atoms in total. The SMILES string of the molecule is O=C(O)c1cc(O)cc2oc(=O)c3c(CCO)cccc3c12. The largest absolute Gasteiger partial charge is 0.508 e. The first-order chi connectivity index (χ1) is 10.5. The molecular weight excluding hydrogens is 288 g/mol. The van der Waals surface area contributed by atoms with Gasteiger partial charge >= 0.3 is 11.6 Å². The number of aliphatic hydroxyl groups is 1. The van der Waals surface area contributed by atoms with E-state index in [2.05, 4.69) is 0 Å². The molecule has 0 aliphatic heterocycles. The maximum Gasteiger partial charge on any atom is 0.344 e. The summed E-state index contributed by atoms with van der Waals surface area (Å²) in [5.74, 6) is -1.53. The molecule has 0 radical (unpaired) electrons. The van der Waals surface area contributed by atoms with Crippen LogP contribution in [0.25, 0.3) is 21.7 Å². The van der Waals surface area contributed by atoms with E-state index in [9.17, 15) is 19.8 Å². The molecule has 0 bridgehead atoms. The van der Waals surface area contributed by atoms with Gasteiger partial charge in [0.2, 0.25) is 0 Å². The number of fused-ring (bicyclic) bond motifs is 3. The van der Waals surface area contributed by atoms with Gasteiger partial charge in [0.25, 0.3) is 0 Å². The van der Waals surface area contributed by atoms with Crippen molar-refractivity contribution in [2.24, 2.45) is 0 Å². The standard InChI is InChI=1S/C16H12O6/c17-5-4-8-2-1-3-10-13(8)16(21)22-12-7-9(18)6-11(14(10)12)15(19)20/h1-3,6-7,17-18H,4-5H2,(H,19,20). The summed E-state index contributed by atoms with van der Waals surface area (Å²) < 4.78 is 5.17. The Kier molecular flexibility index (Phi) is 3.30. The Hall–Kier alpha value is -2.86. The lowest BCUT2D eigenvalue weighted by Crippen LogP contribution is -2.07. The zero-order chi connectivity index (χ0) is 15.9. The van der Waals surface area contributed by atoms with Gasteiger partial charge in [0.05, 0.1) is 10.9 Å². The highest BCUT2D eigenvalue weighted by Gasteiger charge is 2.18. The summed E-state index contributed by atoms with van der Waals surface area (Å²) in [5.41, 5.74) is -0.186. The summed E-state index contributed by atoms with van der Waals surface area (Å²) in [7, 11) is 0. The molecule has 0 saturated carbocycles. The zero-order valence-corrected chi connectivity index (χ0v) is 11.4. The van der Waals surface area contributed by atoms with Crippen molar-refractivity contribution in [1.29, 1.82) is 0 Å². The van der Waals surface area contributed by atoms with Gasteiger partial charge < -0.3 is 19.7 Å². The summed E-state index contributed by atoms with van der Waals surface area (Å²) in [6.45, 7) is -0.141. The Bertz CT molecular complexity index is 954. The third kappa shape index (κ3) is 2.10. The van der Waals surface area contributed by atoms with E-state index in [-0.39, 0.29) is 40.7 Å². The number of hydrogen-bond acceptors (Lipinski definition) is 5. The van der Waals surface area contributed by atoms with Crippen LogP contribution in [0.1, 0.15) is 15.9 Å². The van der Waals surface area contributed by atoms with Gasteiger partial charge in [0.15, 0.2) is 0 Å². The highest BCUT2D eigenvalue weighted by molar-refractivity contribution is 6.15. The molecule has 0 fully saturated rings. The van der Waals surface area contributed by atoms with Gasteiger partial charge in [-0.15, -0.1) is 0 Å². The van der Waals surface area contributed by atoms with E-state index in [4.69, 9.17) is 9.52 Å². The number of carboxylic acids is 1. The first-order valence-corrected chi connectivity index (χ1v) is 6.58. The van der Waals surface area contributed by atoms with E-state index < -0.39 is 11.6 Å². The van der Waals surface area contributed by atoms with Crippen LogP contribution in [0.15, 0.2) is 39.5 Å². The lowest BCUT2D eigenvalue weighted by molar-refractivity contribution is 0.0698. The summed E-state index contributed by atoms with van der Waals surface area (Å²) in [6, 6.07) is 7.32. The third-order valence-corrected chi connectivity index (χ3v) is 3.53. The second kappa shape index (κ2) is 5.16. The van der Waals surface area contributed by atoms with Crippen LogP contribution in [0.3, 0.4) is 0 Å². The van der Waals surface area contributed by atoms with Crippen LogP contribution in [0.2, 0.25) is 0 Å². The lowest BCUT2D eigenvalue weighted by Gasteiger charge is -2.09. The van der Waals surface area contributed by atoms with Crippen molar-refractivity contribution < 1.29 is 24.5 Å². The van der Waals surface area contributed by atoms with Gasteiger partial charge in [-0.3, -0.25) is 0 Å². The van der Waals surface area contributed by atoms with Crippen LogP contribution in [-0.2, 0) is 6.42 Å². The van der Waals surface area contributed by atoms with Crippen molar-refractivity contribution in [3.8, 4) is 5.75 Å². The third-order valence-electron chi connectivity index (χ3n) is 3.53. The molecule has 6 heteroatoms. The Labute approximate surface area is 123 Å². The average Bonchev–Trinajstić information content (AvgIpc) is 2.46. The molecule has 22 heavy (non-hydrogen) atoms. The Balaban J connectivity index is 2.57. The van der Waals surface area contributed by atoms with E-state index >= 15 is 0 Å². The number of carbonyl (C=O) groups is 1. The van der Waals surface area contributed by atoms with Crippen LogP contribution >= 0.6 is 0 Å². The van der Waals surface area contributed by atoms with Gasteiger partial charge in [-0.1, -0.05) is 18.2 Å². The number of rotatable bonds is 3. The average molecular weight is 300 g/mol. The highest BCUT2D eigenvalue weighted by atomic mass is 16.4. The fourth-order valence-electron chi connectivity index (χ4n) is 2.66. The van der Waals surface area contributed by atoms with Crippen LogP contribution in [0, 0.1) is 0 Å². The Morgan fingerprint density at radius 2 is 1.95 bits per heavy atom. The number of aliphatic hydroxyl groups excluding tert-OH is 1. The summed E-state index contributed by atoms with van der Waals surface area (Å²) in [6.07, 6.45) is 0.258. The minimum Gasteiger partial charge on any atom is -0.508 e. The maximum absolute atomic E-state index is 12.2. The van der Waals surface area contributed by atoms with Crippen LogP contribution in [-0.4, -0.2) is 27.9 Å². The van der Waals surface area contributed by atoms with Gasteiger partial charge in [0.1, 0.15) is 11.3 Å². The van der Waals surface area contributed by atoms with Crippen LogP contribution in [0.5, 0.6) is 5.75 Å². The summed E-state index contributed by atoms with van der Waals surface area (Å²) in [4.78, 5) is 23.6. The van der Waals surface area contributed by atoms with E-state index in [0.717, 1.165) is 6.07 Å². The molecule has 0 aliphatic carbocycles. The van der Waals surface area contributed by atoms with Gasteiger partial charge in [-0.25, -0.2) is 9.59 Å². The fraction of sp³-hybridized carbons (Fsp3) is 0.125. The zero-order valence-electron chi connectivity index (χ0n) is 11.4. The van der Waals surface area contributed by atoms with Gasteiger partial charge in [-0.05, 0) is 18.1 Å². The predicted molar refractivity (Wildman–Crippen MR) is 79.4 cm³/mol. The fourth-order valence-corrected chi connectivity index (χ4v) is 2.66. The van der Waals surface area contributed by atoms with Crippen molar-refractivity contribution in [1.82, 2.24) is 0 Å². The first kappa shape index (κ1) is 14.1. The minimum absolute atomic E-state index is 0.0102. The van der Waals surface area contributed by atoms with Crippen molar-refractivity contribution in [2.75, 3.05) is 6.61 Å². The van der Waals surface area contributed by atoms with E-state index in [1.807, 2.05) is 0 Å². The molecule has 0 amide bonds. The number of phenols is 1. The molecule has 3 N–H and O–H groups in total. The number of phenolic OH excluding ortho intramolecular Hbond substituents is 1. The molecule has 1 heterocycles. The van der Waals surface area contributed by atoms with E-state index in [1.54, 1.807) is 18.2 Å². The summed E-state index contributed by atoms with van der Waals surface area (Å²) >= 11 is 0. The smallest absolute Gasteiger partial charge is 0.344 e. The second-order valence-electron chi connectivity index (χ2n) is 4.87. The molecule has 3 rings (SSSR count). The molecular formula is C16H12O6. The van der Waals surface area contributed by atoms with Gasteiger partial charge in [-0.2, -0.15) is 0 Å². The Morgan fingerprint density at radius 1 is 1.18 bits per heavy atom. The number of carboxylic acid groups (broad SMARTS) is 1. The molecule has 0 aliphatic rings.